The second-order valence-electron chi connectivity index (χ2n) is 4.10. The van der Waals surface area contributed by atoms with Crippen molar-refractivity contribution in [3.63, 3.8) is 0 Å². The van der Waals surface area contributed by atoms with Crippen LogP contribution in [0.5, 0.6) is 5.75 Å². The molecule has 1 aromatic rings. The van der Waals surface area contributed by atoms with E-state index in [9.17, 15) is 4.79 Å². The molecule has 1 rings (SSSR count). The smallest absolute Gasteiger partial charge is 0.152 e. The van der Waals surface area contributed by atoms with Gasteiger partial charge in [-0.25, -0.2) is 0 Å². The van der Waals surface area contributed by atoms with E-state index in [1.54, 1.807) is 0 Å². The van der Waals surface area contributed by atoms with Gasteiger partial charge in [0, 0.05) is 0 Å². The van der Waals surface area contributed by atoms with Gasteiger partial charge in [0.25, 0.3) is 0 Å². The normalized spacial score (nSPS) is 12.2. The molecule has 1 atom stereocenters. The fraction of sp³-hybridized carbons (Fsp3) is 0.500. The van der Waals surface area contributed by atoms with Crippen molar-refractivity contribution in [2.45, 2.75) is 38.5 Å². The summed E-state index contributed by atoms with van der Waals surface area (Å²) >= 11 is 5.99. The minimum Gasteiger partial charge on any atom is -0.494 e. The van der Waals surface area contributed by atoms with E-state index in [1.165, 1.54) is 19.8 Å². The van der Waals surface area contributed by atoms with Crippen molar-refractivity contribution in [1.82, 2.24) is 0 Å². The first-order valence-corrected chi connectivity index (χ1v) is 6.46. The number of carbonyl (C=O) groups excluding carboxylic acids is 1. The van der Waals surface area contributed by atoms with Gasteiger partial charge in [-0.2, -0.15) is 0 Å². The van der Waals surface area contributed by atoms with Crippen LogP contribution in [0.2, 0.25) is 0 Å². The molecule has 0 radical (unpaired) electrons. The number of halogens is 1. The Balaban J connectivity index is 2.56. The number of ketones is 1. The predicted octanol–water partition coefficient (Wildman–Crippen LogP) is 4.12. The molecule has 2 nitrogen and oxygen atoms in total. The minimum absolute atomic E-state index is 0.0465. The lowest BCUT2D eigenvalue weighted by Gasteiger charge is -2.09. The molecule has 3 heteroatoms. The van der Waals surface area contributed by atoms with Gasteiger partial charge in [0.05, 0.1) is 6.61 Å². The molecule has 0 spiro atoms. The summed E-state index contributed by atoms with van der Waals surface area (Å²) in [6.45, 7) is 4.36. The Labute approximate surface area is 108 Å². The van der Waals surface area contributed by atoms with Crippen LogP contribution in [0.25, 0.3) is 0 Å². The van der Waals surface area contributed by atoms with E-state index in [0.717, 1.165) is 17.7 Å². The minimum atomic E-state index is -0.575. The number of carbonyl (C=O) groups is 1. The number of hydrogen-bond acceptors (Lipinski definition) is 2. The second-order valence-corrected chi connectivity index (χ2v) is 4.54. The lowest BCUT2D eigenvalue weighted by molar-refractivity contribution is -0.116. The van der Waals surface area contributed by atoms with Crippen LogP contribution in [0.4, 0.5) is 0 Å². The number of unbranched alkanes of at least 4 members (excludes halogenated alkanes) is 2. The van der Waals surface area contributed by atoms with Crippen LogP contribution >= 0.6 is 11.6 Å². The molecule has 0 fully saturated rings. The maximum Gasteiger partial charge on any atom is 0.152 e. The average molecular weight is 255 g/mol. The van der Waals surface area contributed by atoms with Crippen LogP contribution in [0, 0.1) is 0 Å². The van der Waals surface area contributed by atoms with Gasteiger partial charge in [-0.05, 0) is 31.0 Å². The molecule has 17 heavy (non-hydrogen) atoms. The third-order valence-corrected chi connectivity index (χ3v) is 3.08. The molecule has 1 aromatic carbocycles. The van der Waals surface area contributed by atoms with Gasteiger partial charge in [0.2, 0.25) is 0 Å². The highest BCUT2D eigenvalue weighted by Gasteiger charge is 2.13. The Kier molecular flexibility index (Phi) is 6.06. The van der Waals surface area contributed by atoms with Gasteiger partial charge in [0.15, 0.2) is 5.78 Å². The summed E-state index contributed by atoms with van der Waals surface area (Å²) in [4.78, 5) is 11.2. The third-order valence-electron chi connectivity index (χ3n) is 2.52. The van der Waals surface area contributed by atoms with E-state index >= 15 is 0 Å². The number of alkyl halides is 1. The molecule has 0 aliphatic heterocycles. The van der Waals surface area contributed by atoms with Crippen molar-refractivity contribution in [1.29, 1.82) is 0 Å². The van der Waals surface area contributed by atoms with Gasteiger partial charge in [-0.3, -0.25) is 4.79 Å². The van der Waals surface area contributed by atoms with Gasteiger partial charge in [0.1, 0.15) is 11.1 Å². The monoisotopic (exact) mass is 254 g/mol. The fourth-order valence-corrected chi connectivity index (χ4v) is 1.67. The summed E-state index contributed by atoms with van der Waals surface area (Å²) in [6.07, 6.45) is 3.40. The molecule has 0 aliphatic carbocycles. The molecule has 0 N–H and O–H groups in total. The Morgan fingerprint density at radius 3 is 2.82 bits per heavy atom. The zero-order valence-electron chi connectivity index (χ0n) is 10.4. The van der Waals surface area contributed by atoms with Crippen molar-refractivity contribution in [3.8, 4) is 5.75 Å². The molecule has 0 aliphatic rings. The van der Waals surface area contributed by atoms with E-state index in [4.69, 9.17) is 16.3 Å². The molecule has 0 saturated heterocycles. The first kappa shape index (κ1) is 14.0. The first-order chi connectivity index (χ1) is 8.15. The highest BCUT2D eigenvalue weighted by atomic mass is 35.5. The Hall–Kier alpha value is -1.02. The van der Waals surface area contributed by atoms with Crippen LogP contribution in [-0.4, -0.2) is 12.4 Å². The number of hydrogen-bond donors (Lipinski definition) is 0. The standard InChI is InChI=1S/C14H19ClO2/c1-3-4-5-9-17-13-8-6-7-12(10-13)14(15)11(2)16/h6-8,10,14H,3-5,9H2,1-2H3. The number of benzene rings is 1. The van der Waals surface area contributed by atoms with Crippen LogP contribution in [-0.2, 0) is 4.79 Å². The highest BCUT2D eigenvalue weighted by Crippen LogP contribution is 2.25. The predicted molar refractivity (Wildman–Crippen MR) is 70.7 cm³/mol. The zero-order chi connectivity index (χ0) is 12.7. The van der Waals surface area contributed by atoms with E-state index in [-0.39, 0.29) is 5.78 Å². The van der Waals surface area contributed by atoms with Crippen molar-refractivity contribution >= 4 is 17.4 Å². The van der Waals surface area contributed by atoms with Gasteiger partial charge < -0.3 is 4.74 Å². The van der Waals surface area contributed by atoms with Crippen LogP contribution in [0.15, 0.2) is 24.3 Å². The Morgan fingerprint density at radius 2 is 2.18 bits per heavy atom. The summed E-state index contributed by atoms with van der Waals surface area (Å²) in [5, 5.41) is -0.575. The summed E-state index contributed by atoms with van der Waals surface area (Å²) in [7, 11) is 0. The largest absolute Gasteiger partial charge is 0.494 e. The SMILES string of the molecule is CCCCCOc1cccc(C(Cl)C(C)=O)c1. The van der Waals surface area contributed by atoms with Crippen molar-refractivity contribution < 1.29 is 9.53 Å². The van der Waals surface area contributed by atoms with Gasteiger partial charge in [-0.1, -0.05) is 31.9 Å². The Bertz CT molecular complexity index is 363. The molecular formula is C14H19ClO2. The summed E-state index contributed by atoms with van der Waals surface area (Å²) in [6, 6.07) is 7.44. The molecule has 0 aromatic heterocycles. The Morgan fingerprint density at radius 1 is 1.41 bits per heavy atom. The fourth-order valence-electron chi connectivity index (χ4n) is 1.54. The van der Waals surface area contributed by atoms with Crippen LogP contribution in [0.1, 0.15) is 44.1 Å². The van der Waals surface area contributed by atoms with E-state index in [2.05, 4.69) is 6.92 Å². The van der Waals surface area contributed by atoms with Crippen LogP contribution < -0.4 is 4.74 Å². The molecule has 1 unspecified atom stereocenters. The van der Waals surface area contributed by atoms with Crippen LogP contribution in [0.3, 0.4) is 0 Å². The van der Waals surface area contributed by atoms with E-state index < -0.39 is 5.38 Å². The summed E-state index contributed by atoms with van der Waals surface area (Å²) < 4.78 is 5.61. The van der Waals surface area contributed by atoms with Crippen molar-refractivity contribution in [2.24, 2.45) is 0 Å². The molecule has 0 saturated carbocycles. The molecule has 94 valence electrons. The maximum absolute atomic E-state index is 11.2. The molecule has 0 heterocycles. The first-order valence-electron chi connectivity index (χ1n) is 6.02. The van der Waals surface area contributed by atoms with Crippen molar-refractivity contribution in [2.75, 3.05) is 6.61 Å². The zero-order valence-corrected chi connectivity index (χ0v) is 11.2. The average Bonchev–Trinajstić information content (AvgIpc) is 2.34. The number of Topliss-reactive ketones (excluding diaryl/α,β-unsaturated/α-hetero) is 1. The highest BCUT2D eigenvalue weighted by molar-refractivity contribution is 6.30. The quantitative estimate of drug-likeness (QED) is 0.540. The topological polar surface area (TPSA) is 26.3 Å². The van der Waals surface area contributed by atoms with Crippen molar-refractivity contribution in [3.05, 3.63) is 29.8 Å². The lowest BCUT2D eigenvalue weighted by Crippen LogP contribution is -2.02. The number of ether oxygens (including phenoxy) is 1. The maximum atomic E-state index is 11.2. The third kappa shape index (κ3) is 4.78. The van der Waals surface area contributed by atoms with E-state index in [0.29, 0.717) is 6.61 Å². The second kappa shape index (κ2) is 7.33. The molecular weight excluding hydrogens is 236 g/mol. The molecule has 0 bridgehead atoms. The van der Waals surface area contributed by atoms with Gasteiger partial charge in [-0.15, -0.1) is 11.6 Å². The number of rotatable bonds is 7. The summed E-state index contributed by atoms with van der Waals surface area (Å²) in [5.74, 6) is 0.736. The molecule has 0 amide bonds. The summed E-state index contributed by atoms with van der Waals surface area (Å²) in [5.41, 5.74) is 0.798. The van der Waals surface area contributed by atoms with E-state index in [1.807, 2.05) is 24.3 Å². The van der Waals surface area contributed by atoms with Gasteiger partial charge >= 0.3 is 0 Å². The lowest BCUT2D eigenvalue weighted by atomic mass is 10.1.